The molecule has 2 aromatic heterocycles. The van der Waals surface area contributed by atoms with E-state index in [-0.39, 0.29) is 36.3 Å². The van der Waals surface area contributed by atoms with Crippen molar-refractivity contribution in [2.45, 2.75) is 31.9 Å². The minimum absolute atomic E-state index is 0.0166. The van der Waals surface area contributed by atoms with Crippen molar-refractivity contribution in [2.24, 2.45) is 0 Å². The second-order valence-electron chi connectivity index (χ2n) is 7.84. The molecule has 9 heteroatoms. The first-order valence-electron chi connectivity index (χ1n) is 10.1. The second kappa shape index (κ2) is 9.67. The summed E-state index contributed by atoms with van der Waals surface area (Å²) in [7, 11) is 1.52. The average Bonchev–Trinajstić information content (AvgIpc) is 2.78. The van der Waals surface area contributed by atoms with Gasteiger partial charge in [0.25, 0.3) is 5.91 Å². The lowest BCUT2D eigenvalue weighted by Gasteiger charge is -2.30. The molecule has 0 unspecified atom stereocenters. The van der Waals surface area contributed by atoms with Gasteiger partial charge in [-0.25, -0.2) is 18.7 Å². The molecule has 1 aromatic carbocycles. The maximum Gasteiger partial charge on any atom is 0.251 e. The van der Waals surface area contributed by atoms with Crippen LogP contribution in [-0.4, -0.2) is 45.7 Å². The number of alkyl halides is 1. The molecular formula is C23H25F2N5O2. The van der Waals surface area contributed by atoms with E-state index in [9.17, 15) is 18.7 Å². The Hall–Kier alpha value is -3.62. The highest BCUT2D eigenvalue weighted by Gasteiger charge is 2.33. The molecule has 3 rings (SSSR count). The van der Waals surface area contributed by atoms with Gasteiger partial charge in [0.15, 0.2) is 0 Å². The van der Waals surface area contributed by atoms with Crippen LogP contribution in [0.15, 0.2) is 48.9 Å². The summed E-state index contributed by atoms with van der Waals surface area (Å²) in [6.45, 7) is 3.31. The number of phenolic OH excluding ortho intramolecular Hbond substituents is 1. The van der Waals surface area contributed by atoms with E-state index < -0.39 is 17.4 Å². The van der Waals surface area contributed by atoms with Crippen LogP contribution in [0.25, 0.3) is 11.1 Å². The first kappa shape index (κ1) is 23.1. The number of halogens is 2. The third-order valence-electron chi connectivity index (χ3n) is 5.15. The number of carbonyl (C=O) groups is 1. The van der Waals surface area contributed by atoms with Crippen molar-refractivity contribution in [3.8, 4) is 16.9 Å². The van der Waals surface area contributed by atoms with Crippen LogP contribution in [0.3, 0.4) is 0 Å². The standard InChI is InChI=1S/C23H25F2N5O2/c1-14(24)10-23(2,20-18(25)5-4-8-27-20)13-30-22-28-11-16(12-29-22)17-9-15(21(32)26-3)6-7-19(17)31/h4-9,11-12,14,31H,10,13H2,1-3H3,(H,26,32)(H,28,29,30)/t14-,23-/m1/s1. The Morgan fingerprint density at radius 1 is 1.22 bits per heavy atom. The SMILES string of the molecule is CNC(=O)c1ccc(O)c(-c2cnc(NC[C@@](C)(C[C@@H](C)F)c3ncccc3F)nc2)c1. The van der Waals surface area contributed by atoms with Crippen LogP contribution >= 0.6 is 0 Å². The number of hydrogen-bond donors (Lipinski definition) is 3. The smallest absolute Gasteiger partial charge is 0.251 e. The number of pyridine rings is 1. The Kier molecular flexibility index (Phi) is 6.97. The van der Waals surface area contributed by atoms with E-state index in [2.05, 4.69) is 25.6 Å². The van der Waals surface area contributed by atoms with E-state index in [1.807, 2.05) is 0 Å². The Balaban J connectivity index is 1.81. The molecule has 32 heavy (non-hydrogen) atoms. The summed E-state index contributed by atoms with van der Waals surface area (Å²) >= 11 is 0. The van der Waals surface area contributed by atoms with E-state index in [1.54, 1.807) is 13.0 Å². The topological polar surface area (TPSA) is 100 Å². The van der Waals surface area contributed by atoms with E-state index in [0.717, 1.165) is 0 Å². The van der Waals surface area contributed by atoms with Gasteiger partial charge in [-0.15, -0.1) is 0 Å². The highest BCUT2D eigenvalue weighted by atomic mass is 19.1. The van der Waals surface area contributed by atoms with Gasteiger partial charge in [-0.1, -0.05) is 6.92 Å². The maximum absolute atomic E-state index is 14.4. The van der Waals surface area contributed by atoms with Gasteiger partial charge in [-0.3, -0.25) is 9.78 Å². The predicted molar refractivity (Wildman–Crippen MR) is 118 cm³/mol. The molecule has 1 amide bonds. The molecule has 2 atom stereocenters. The van der Waals surface area contributed by atoms with Crippen molar-refractivity contribution in [1.82, 2.24) is 20.3 Å². The zero-order valence-corrected chi connectivity index (χ0v) is 18.1. The number of nitrogens with one attached hydrogen (secondary N) is 2. The minimum atomic E-state index is -1.16. The molecule has 0 radical (unpaired) electrons. The van der Waals surface area contributed by atoms with E-state index >= 15 is 0 Å². The van der Waals surface area contributed by atoms with Crippen LogP contribution in [0.1, 0.15) is 36.3 Å². The summed E-state index contributed by atoms with van der Waals surface area (Å²) in [6.07, 6.45) is 3.36. The van der Waals surface area contributed by atoms with Crippen molar-refractivity contribution in [1.29, 1.82) is 0 Å². The number of aromatic nitrogens is 3. The lowest BCUT2D eigenvalue weighted by molar-refractivity contribution is 0.0963. The third-order valence-corrected chi connectivity index (χ3v) is 5.15. The van der Waals surface area contributed by atoms with Gasteiger partial charge in [-0.05, 0) is 43.7 Å². The molecule has 0 spiro atoms. The largest absolute Gasteiger partial charge is 0.507 e. The number of carbonyl (C=O) groups excluding carboxylic acids is 1. The fourth-order valence-electron chi connectivity index (χ4n) is 3.59. The Morgan fingerprint density at radius 2 is 1.94 bits per heavy atom. The molecule has 0 bridgehead atoms. The molecule has 0 aliphatic rings. The van der Waals surface area contributed by atoms with Crippen LogP contribution < -0.4 is 10.6 Å². The average molecular weight is 441 g/mol. The first-order valence-corrected chi connectivity index (χ1v) is 10.1. The van der Waals surface area contributed by atoms with Gasteiger partial charge in [-0.2, -0.15) is 0 Å². The highest BCUT2D eigenvalue weighted by molar-refractivity contribution is 5.95. The van der Waals surface area contributed by atoms with Gasteiger partial charge in [0.1, 0.15) is 11.6 Å². The lowest BCUT2D eigenvalue weighted by atomic mass is 9.81. The van der Waals surface area contributed by atoms with Crippen LogP contribution in [0.2, 0.25) is 0 Å². The fourth-order valence-corrected chi connectivity index (χ4v) is 3.59. The number of rotatable bonds is 8. The number of hydrogen-bond acceptors (Lipinski definition) is 6. The van der Waals surface area contributed by atoms with Crippen LogP contribution in [-0.2, 0) is 5.41 Å². The quantitative estimate of drug-likeness (QED) is 0.491. The molecule has 0 fully saturated rings. The molecule has 0 saturated carbocycles. The summed E-state index contributed by atoms with van der Waals surface area (Å²) in [4.78, 5) is 24.5. The van der Waals surface area contributed by atoms with E-state index in [0.29, 0.717) is 16.7 Å². The Morgan fingerprint density at radius 3 is 2.56 bits per heavy atom. The van der Waals surface area contributed by atoms with Crippen molar-refractivity contribution < 1.29 is 18.7 Å². The summed E-state index contributed by atoms with van der Waals surface area (Å²) in [5, 5.41) is 15.7. The molecule has 2 heterocycles. The normalized spacial score (nSPS) is 13.8. The van der Waals surface area contributed by atoms with E-state index in [4.69, 9.17) is 0 Å². The number of amides is 1. The minimum Gasteiger partial charge on any atom is -0.507 e. The molecule has 3 aromatic rings. The predicted octanol–water partition coefficient (Wildman–Crippen LogP) is 3.86. The van der Waals surface area contributed by atoms with Gasteiger partial charge >= 0.3 is 0 Å². The monoisotopic (exact) mass is 441 g/mol. The van der Waals surface area contributed by atoms with Crippen molar-refractivity contribution >= 4 is 11.9 Å². The highest BCUT2D eigenvalue weighted by Crippen LogP contribution is 2.32. The first-order chi connectivity index (χ1) is 15.2. The fraction of sp³-hybridized carbons (Fsp3) is 0.304. The molecule has 3 N–H and O–H groups in total. The molecule has 0 aliphatic heterocycles. The molecule has 168 valence electrons. The number of phenols is 1. The third kappa shape index (κ3) is 5.16. The maximum atomic E-state index is 14.4. The lowest BCUT2D eigenvalue weighted by Crippen LogP contribution is -2.36. The van der Waals surface area contributed by atoms with Crippen LogP contribution in [0.4, 0.5) is 14.7 Å². The van der Waals surface area contributed by atoms with Gasteiger partial charge in [0.05, 0.1) is 11.9 Å². The van der Waals surface area contributed by atoms with Gasteiger partial charge in [0, 0.05) is 54.3 Å². The molecular weight excluding hydrogens is 416 g/mol. The molecule has 0 aliphatic carbocycles. The summed E-state index contributed by atoms with van der Waals surface area (Å²) < 4.78 is 28.2. The Bertz CT molecular complexity index is 1090. The van der Waals surface area contributed by atoms with E-state index in [1.165, 1.54) is 56.8 Å². The van der Waals surface area contributed by atoms with Crippen LogP contribution in [0.5, 0.6) is 5.75 Å². The summed E-state index contributed by atoms with van der Waals surface area (Å²) in [6, 6.07) is 7.27. The number of aromatic hydroxyl groups is 1. The molecule has 7 nitrogen and oxygen atoms in total. The zero-order valence-electron chi connectivity index (χ0n) is 18.1. The van der Waals surface area contributed by atoms with Crippen molar-refractivity contribution in [2.75, 3.05) is 18.9 Å². The van der Waals surface area contributed by atoms with Gasteiger partial charge in [0.2, 0.25) is 5.95 Å². The summed E-state index contributed by atoms with van der Waals surface area (Å²) in [5.74, 6) is -0.546. The number of nitrogens with zero attached hydrogens (tertiary/aromatic N) is 3. The molecule has 0 saturated heterocycles. The zero-order chi connectivity index (χ0) is 23.3. The summed E-state index contributed by atoms with van der Waals surface area (Å²) in [5.41, 5.74) is 0.543. The number of anilines is 1. The second-order valence-corrected chi connectivity index (χ2v) is 7.84. The van der Waals surface area contributed by atoms with Crippen LogP contribution in [0, 0.1) is 5.82 Å². The Labute approximate surface area is 185 Å². The van der Waals surface area contributed by atoms with Gasteiger partial charge < -0.3 is 15.7 Å². The van der Waals surface area contributed by atoms with Crippen molar-refractivity contribution in [3.63, 3.8) is 0 Å². The van der Waals surface area contributed by atoms with Crippen molar-refractivity contribution in [3.05, 3.63) is 66.0 Å². The number of benzene rings is 1.